The van der Waals surface area contributed by atoms with E-state index in [1.54, 1.807) is 18.3 Å². The minimum Gasteiger partial charge on any atom is -0.423 e. The zero-order valence-electron chi connectivity index (χ0n) is 37.0. The molecule has 0 bridgehead atoms. The van der Waals surface area contributed by atoms with Crippen molar-refractivity contribution in [1.82, 2.24) is 29.9 Å². The number of fused-ring (bicyclic) bond motifs is 2. The van der Waals surface area contributed by atoms with Gasteiger partial charge in [0.15, 0.2) is 22.6 Å². The largest absolute Gasteiger partial charge is 0.488 e. The van der Waals surface area contributed by atoms with E-state index in [9.17, 15) is 4.39 Å². The number of nitrogens with one attached hydrogen (secondary N) is 2. The van der Waals surface area contributed by atoms with Crippen LogP contribution in [0.2, 0.25) is 5.15 Å². The van der Waals surface area contributed by atoms with E-state index in [0.29, 0.717) is 18.6 Å². The van der Waals surface area contributed by atoms with Gasteiger partial charge in [-0.15, -0.1) is 0 Å². The van der Waals surface area contributed by atoms with Gasteiger partial charge in [-0.25, -0.2) is 24.3 Å². The molecule has 14 heteroatoms. The molecule has 0 amide bonds. The molecule has 68 heavy (non-hydrogen) atoms. The van der Waals surface area contributed by atoms with Gasteiger partial charge in [0.05, 0.1) is 0 Å². The number of nitrogens with zero attached hydrogens (tertiary/aromatic N) is 6. The summed E-state index contributed by atoms with van der Waals surface area (Å²) in [5.74, 6) is -0.805. The Morgan fingerprint density at radius 2 is 0.941 bits per heavy atom. The number of pyridine rings is 2. The third kappa shape index (κ3) is 11.9. The smallest absolute Gasteiger partial charge is 0.423 e. The van der Waals surface area contributed by atoms with Crippen molar-refractivity contribution in [3.8, 4) is 33.5 Å². The van der Waals surface area contributed by atoms with Crippen molar-refractivity contribution >= 4 is 57.4 Å². The normalized spacial score (nSPS) is 10.7. The summed E-state index contributed by atoms with van der Waals surface area (Å²) in [4.78, 5) is 24.2. The van der Waals surface area contributed by atoms with Crippen molar-refractivity contribution in [3.05, 3.63) is 222 Å². The second kappa shape index (κ2) is 22.0. The number of rotatable bonds is 10. The van der Waals surface area contributed by atoms with Crippen molar-refractivity contribution in [2.24, 2.45) is 0 Å². The summed E-state index contributed by atoms with van der Waals surface area (Å²) in [6.07, 6.45) is 6.22. The first-order valence-corrected chi connectivity index (χ1v) is 22.0. The van der Waals surface area contributed by atoms with Crippen molar-refractivity contribution in [2.45, 2.75) is 26.9 Å². The lowest BCUT2D eigenvalue weighted by Crippen LogP contribution is -2.29. The molecule has 10 aromatic rings. The number of hydrogen-bond donors (Lipinski definition) is 4. The van der Waals surface area contributed by atoms with Crippen molar-refractivity contribution in [1.29, 1.82) is 0 Å². The fraction of sp³-hybridized carbons (Fsp3) is 0.0741. The Bertz CT molecular complexity index is 3310. The van der Waals surface area contributed by atoms with Crippen LogP contribution in [0.1, 0.15) is 22.5 Å². The van der Waals surface area contributed by atoms with E-state index in [1.165, 1.54) is 12.7 Å². The lowest BCUT2D eigenvalue weighted by atomic mass is 9.79. The fourth-order valence-electron chi connectivity index (χ4n) is 7.32. The number of aryl methyl sites for hydroxylation is 2. The molecule has 0 aliphatic heterocycles. The summed E-state index contributed by atoms with van der Waals surface area (Å²) in [5.41, 5.74) is 10.0. The lowest BCUT2D eigenvalue weighted by molar-refractivity contribution is 0.426. The quantitative estimate of drug-likeness (QED) is 0.0774. The molecule has 0 saturated heterocycles. The van der Waals surface area contributed by atoms with Crippen LogP contribution in [-0.2, 0) is 13.1 Å². The second-order valence-electron chi connectivity index (χ2n) is 15.7. The molecule has 10 rings (SSSR count). The van der Waals surface area contributed by atoms with E-state index in [1.807, 2.05) is 147 Å². The van der Waals surface area contributed by atoms with E-state index in [-0.39, 0.29) is 22.5 Å². The Labute approximate surface area is 397 Å². The van der Waals surface area contributed by atoms with Crippen LogP contribution in [0.15, 0.2) is 183 Å². The molecular formula is C54H44BClF2N8O2. The summed E-state index contributed by atoms with van der Waals surface area (Å²) in [6.45, 7) is 4.84. The molecule has 4 heterocycles. The molecular weight excluding hydrogens is 877 g/mol. The van der Waals surface area contributed by atoms with E-state index in [2.05, 4.69) is 58.7 Å². The van der Waals surface area contributed by atoms with Gasteiger partial charge in [0, 0.05) is 42.4 Å². The van der Waals surface area contributed by atoms with E-state index in [0.717, 1.165) is 71.9 Å². The first-order valence-electron chi connectivity index (χ1n) is 21.6. The average Bonchev–Trinajstić information content (AvgIpc) is 3.37. The molecule has 0 unspecified atom stereocenters. The van der Waals surface area contributed by atoms with Crippen LogP contribution in [0, 0.1) is 25.5 Å². The Hall–Kier alpha value is -7.97. The highest BCUT2D eigenvalue weighted by molar-refractivity contribution is 6.58. The molecule has 0 radical (unpaired) electrons. The standard InChI is InChI=1S/C27H21FN4.C17H14ClFN4.C10H9BO2/c1-18-14-23(12-13-29-18)21-8-6-19(7-9-21)16-30-27-25(28)26(31-17-32-27)24-11-10-20-4-2-3-5-22(20)15-24;1-11-8-14(6-7-20-11)13-4-2-12(3-5-13)9-21-17-15(19)16(18)22-10-23-17;12-11(13)10-6-5-8-3-1-2-4-9(8)7-10/h2-15,17H,16H2,1H3,(H,30,31,32);2-8,10H,9H2,1H3,(H,21,22,23);1-7,12-13H. The van der Waals surface area contributed by atoms with E-state index >= 15 is 4.39 Å². The number of anilines is 2. The maximum atomic E-state index is 15.2. The Morgan fingerprint density at radius 3 is 1.47 bits per heavy atom. The molecule has 0 spiro atoms. The van der Waals surface area contributed by atoms with Gasteiger partial charge in [0.2, 0.25) is 5.82 Å². The summed E-state index contributed by atoms with van der Waals surface area (Å²) in [6, 6.07) is 51.2. The fourth-order valence-corrected chi connectivity index (χ4v) is 7.46. The summed E-state index contributed by atoms with van der Waals surface area (Å²) in [5, 5.41) is 28.0. The van der Waals surface area contributed by atoms with Gasteiger partial charge in [-0.2, -0.15) is 4.39 Å². The topological polar surface area (TPSA) is 142 Å². The van der Waals surface area contributed by atoms with Crippen LogP contribution in [-0.4, -0.2) is 47.1 Å². The van der Waals surface area contributed by atoms with Gasteiger partial charge in [0.25, 0.3) is 0 Å². The van der Waals surface area contributed by atoms with Crippen LogP contribution in [0.25, 0.3) is 55.1 Å². The van der Waals surface area contributed by atoms with Crippen LogP contribution in [0.5, 0.6) is 0 Å². The molecule has 0 saturated carbocycles. The molecule has 0 fully saturated rings. The highest BCUT2D eigenvalue weighted by Gasteiger charge is 2.14. The average molecular weight is 921 g/mol. The van der Waals surface area contributed by atoms with Crippen molar-refractivity contribution < 1.29 is 18.8 Å². The predicted molar refractivity (Wildman–Crippen MR) is 269 cm³/mol. The van der Waals surface area contributed by atoms with Gasteiger partial charge in [-0.05, 0) is 105 Å². The Kier molecular flexibility index (Phi) is 15.1. The molecule has 0 atom stereocenters. The van der Waals surface area contributed by atoms with Crippen molar-refractivity contribution in [3.63, 3.8) is 0 Å². The maximum absolute atomic E-state index is 15.2. The zero-order chi connectivity index (χ0) is 47.4. The zero-order valence-corrected chi connectivity index (χ0v) is 37.8. The Balaban J connectivity index is 0.000000151. The van der Waals surface area contributed by atoms with Gasteiger partial charge >= 0.3 is 7.12 Å². The number of halogens is 3. The summed E-state index contributed by atoms with van der Waals surface area (Å²) < 4.78 is 28.9. The highest BCUT2D eigenvalue weighted by Crippen LogP contribution is 2.28. The maximum Gasteiger partial charge on any atom is 0.488 e. The molecule has 4 N–H and O–H groups in total. The first-order chi connectivity index (χ1) is 33.1. The van der Waals surface area contributed by atoms with Gasteiger partial charge in [-0.1, -0.05) is 139 Å². The van der Waals surface area contributed by atoms with E-state index in [4.69, 9.17) is 21.6 Å². The van der Waals surface area contributed by atoms with Crippen LogP contribution in [0.3, 0.4) is 0 Å². The van der Waals surface area contributed by atoms with E-state index < -0.39 is 18.8 Å². The van der Waals surface area contributed by atoms with Gasteiger partial charge in [-0.3, -0.25) is 9.97 Å². The van der Waals surface area contributed by atoms with Gasteiger partial charge in [0.1, 0.15) is 18.3 Å². The SMILES string of the molecule is Cc1cc(-c2ccc(CNc3ncnc(-c4ccc5ccccc5c4)c3F)cc2)ccn1.Cc1cc(-c2ccc(CNc3ncnc(Cl)c3F)cc2)ccn1.OB(O)c1ccc2ccccc2c1. The number of benzene rings is 6. The minimum atomic E-state index is -1.38. The van der Waals surface area contributed by atoms with Crippen LogP contribution < -0.4 is 16.1 Å². The molecule has 336 valence electrons. The Morgan fingerprint density at radius 1 is 0.471 bits per heavy atom. The monoisotopic (exact) mass is 920 g/mol. The third-order valence-corrected chi connectivity index (χ3v) is 11.2. The minimum absolute atomic E-state index is 0.0961. The second-order valence-corrected chi connectivity index (χ2v) is 16.1. The highest BCUT2D eigenvalue weighted by atomic mass is 35.5. The van der Waals surface area contributed by atoms with Crippen LogP contribution >= 0.6 is 11.6 Å². The lowest BCUT2D eigenvalue weighted by Gasteiger charge is -2.10. The molecule has 10 nitrogen and oxygen atoms in total. The molecule has 0 aliphatic rings. The molecule has 4 aromatic heterocycles. The third-order valence-electron chi connectivity index (χ3n) is 10.9. The summed E-state index contributed by atoms with van der Waals surface area (Å²) in [7, 11) is -1.38. The van der Waals surface area contributed by atoms with Crippen LogP contribution in [0.4, 0.5) is 20.4 Å². The molecule has 6 aromatic carbocycles. The predicted octanol–water partition coefficient (Wildman–Crippen LogP) is 11.2. The number of hydrogen-bond acceptors (Lipinski definition) is 10. The van der Waals surface area contributed by atoms with Crippen molar-refractivity contribution in [2.75, 3.05) is 10.6 Å². The number of aromatic nitrogens is 6. The summed E-state index contributed by atoms with van der Waals surface area (Å²) >= 11 is 5.63. The first kappa shape index (κ1) is 46.6. The molecule has 0 aliphatic carbocycles. The van der Waals surface area contributed by atoms with Gasteiger partial charge < -0.3 is 20.7 Å².